The molecule has 2 aliphatic carbocycles. The number of fused-ring (bicyclic) bond motifs is 2. The molecule has 0 saturated heterocycles. The third-order valence-electron chi connectivity index (χ3n) is 9.36. The Hall–Kier alpha value is -3.75. The van der Waals surface area contributed by atoms with Crippen molar-refractivity contribution in [1.29, 1.82) is 0 Å². The van der Waals surface area contributed by atoms with Gasteiger partial charge in [0, 0.05) is 46.4 Å². The fourth-order valence-corrected chi connectivity index (χ4v) is 9.40. The largest absolute Gasteiger partial charge is 0.444 e. The Morgan fingerprint density at radius 2 is 1.16 bits per heavy atom. The Morgan fingerprint density at radius 3 is 1.64 bits per heavy atom. The van der Waals surface area contributed by atoms with Crippen LogP contribution in [0.25, 0.3) is 20.4 Å². The smallest absolute Gasteiger partial charge is 0.407 e. The normalized spacial score (nSPS) is 19.5. The summed E-state index contributed by atoms with van der Waals surface area (Å²) in [5, 5.41) is 10.3. The third kappa shape index (κ3) is 16.5. The number of ether oxygens (including phenoxy) is 2. The Bertz CT molecular complexity index is 2120. The minimum absolute atomic E-state index is 0.0195. The molecule has 340 valence electrons. The Morgan fingerprint density at radius 1 is 0.721 bits per heavy atom. The monoisotopic (exact) mass is 924 g/mol. The second kappa shape index (κ2) is 20.2. The van der Waals surface area contributed by atoms with Crippen molar-refractivity contribution in [2.45, 2.75) is 154 Å². The summed E-state index contributed by atoms with van der Waals surface area (Å²) in [7, 11) is 3.85. The van der Waals surface area contributed by atoms with E-state index in [0.717, 1.165) is 54.8 Å². The van der Waals surface area contributed by atoms with E-state index in [9.17, 15) is 35.9 Å². The number of alkyl carbamates (subject to hydrolysis) is 2. The van der Waals surface area contributed by atoms with Crippen molar-refractivity contribution in [3.8, 4) is 0 Å². The third-order valence-corrected chi connectivity index (χ3v) is 11.7. The van der Waals surface area contributed by atoms with Crippen LogP contribution in [-0.2, 0) is 22.3 Å². The molecule has 0 spiro atoms. The van der Waals surface area contributed by atoms with Gasteiger partial charge in [0.15, 0.2) is 0 Å². The predicted molar refractivity (Wildman–Crippen MR) is 228 cm³/mol. The standard InChI is InChI=1S/C20H27F3N4O2S.C11H22N2O2.C9H6ClF3N2S/c1-11-24-16(15-9-14(10-20(21,22)23)30-17(15)25-11)27(5)13-7-6-12(8-13)26-18(28)29-19(2,3)4;1-11(2,3)15-10(14)13-9-6-5-8(7-9)12-4;1-4-14-7(10)6-2-5(3-9(11,12)13)16-8(6)15-4/h9,12-13H,6-8,10H2,1-5H3,(H,26,28);8-9,12H,5-7H2,1-4H3,(H,13,14);2H,3H2,1H3/t12-,13+;8-,9+;/m01./s1. The molecular weight excluding hydrogens is 870 g/mol. The van der Waals surface area contributed by atoms with Crippen LogP contribution >= 0.6 is 34.3 Å². The molecule has 2 aliphatic rings. The zero-order chi connectivity index (χ0) is 45.7. The summed E-state index contributed by atoms with van der Waals surface area (Å²) in [6.07, 6.45) is -5.65. The number of thiophene rings is 2. The van der Waals surface area contributed by atoms with Crippen molar-refractivity contribution in [2.75, 3.05) is 19.0 Å². The Kier molecular flexibility index (Phi) is 16.5. The highest BCUT2D eigenvalue weighted by atomic mass is 35.5. The van der Waals surface area contributed by atoms with Crippen LogP contribution in [0.4, 0.5) is 41.7 Å². The fraction of sp³-hybridized carbons (Fsp3) is 0.650. The Labute approximate surface area is 364 Å². The number of hydrogen-bond donors (Lipinski definition) is 3. The van der Waals surface area contributed by atoms with E-state index in [0.29, 0.717) is 50.4 Å². The number of aromatic nitrogens is 4. The molecule has 21 heteroatoms. The number of halogens is 7. The summed E-state index contributed by atoms with van der Waals surface area (Å²) < 4.78 is 85.5. The summed E-state index contributed by atoms with van der Waals surface area (Å²) in [6, 6.07) is 3.82. The first-order valence-corrected chi connectivity index (χ1v) is 21.8. The summed E-state index contributed by atoms with van der Waals surface area (Å²) in [4.78, 5) is 43.8. The number of amides is 2. The minimum Gasteiger partial charge on any atom is -0.444 e. The van der Waals surface area contributed by atoms with Gasteiger partial charge in [0.05, 0.1) is 18.2 Å². The van der Waals surface area contributed by atoms with Gasteiger partial charge in [-0.05, 0) is 113 Å². The molecule has 4 atom stereocenters. The predicted octanol–water partition coefficient (Wildman–Crippen LogP) is 10.4. The van der Waals surface area contributed by atoms with E-state index in [4.69, 9.17) is 21.1 Å². The minimum atomic E-state index is -4.26. The molecule has 0 unspecified atom stereocenters. The van der Waals surface area contributed by atoms with Gasteiger partial charge in [0.25, 0.3) is 0 Å². The molecule has 2 amide bonds. The highest BCUT2D eigenvalue weighted by Gasteiger charge is 2.33. The molecule has 12 nitrogen and oxygen atoms in total. The van der Waals surface area contributed by atoms with Gasteiger partial charge in [-0.25, -0.2) is 29.5 Å². The number of alkyl halides is 6. The first kappa shape index (κ1) is 49.9. The van der Waals surface area contributed by atoms with Crippen molar-refractivity contribution in [1.82, 2.24) is 35.9 Å². The van der Waals surface area contributed by atoms with Crippen LogP contribution in [0.15, 0.2) is 12.1 Å². The zero-order valence-electron chi connectivity index (χ0n) is 36.0. The molecule has 0 bridgehead atoms. The second-order valence-corrected chi connectivity index (χ2v) is 19.8. The van der Waals surface area contributed by atoms with Gasteiger partial charge in [-0.15, -0.1) is 22.7 Å². The summed E-state index contributed by atoms with van der Waals surface area (Å²) >= 11 is 7.87. The lowest BCUT2D eigenvalue weighted by Crippen LogP contribution is -2.39. The molecular formula is C40H55ClF6N8O4S2. The first-order chi connectivity index (χ1) is 28.1. The molecule has 6 rings (SSSR count). The summed E-state index contributed by atoms with van der Waals surface area (Å²) in [6.45, 7) is 14.4. The zero-order valence-corrected chi connectivity index (χ0v) is 38.3. The van der Waals surface area contributed by atoms with Gasteiger partial charge >= 0.3 is 24.5 Å². The highest BCUT2D eigenvalue weighted by molar-refractivity contribution is 7.19. The topological polar surface area (TPSA) is 143 Å². The second-order valence-electron chi connectivity index (χ2n) is 17.2. The quantitative estimate of drug-likeness (QED) is 0.121. The van der Waals surface area contributed by atoms with Gasteiger partial charge < -0.3 is 30.3 Å². The number of nitrogens with zero attached hydrogens (tertiary/aromatic N) is 5. The lowest BCUT2D eigenvalue weighted by Gasteiger charge is -2.27. The highest BCUT2D eigenvalue weighted by Crippen LogP contribution is 2.37. The van der Waals surface area contributed by atoms with Crippen molar-refractivity contribution in [2.24, 2.45) is 0 Å². The van der Waals surface area contributed by atoms with Crippen LogP contribution in [0.1, 0.15) is 101 Å². The van der Waals surface area contributed by atoms with Crippen LogP contribution < -0.4 is 20.9 Å². The lowest BCUT2D eigenvalue weighted by atomic mass is 10.2. The number of anilines is 1. The summed E-state index contributed by atoms with van der Waals surface area (Å²) in [5.41, 5.74) is -0.971. The maximum Gasteiger partial charge on any atom is 0.407 e. The Balaban J connectivity index is 0.000000222. The average molecular weight is 926 g/mol. The lowest BCUT2D eigenvalue weighted by molar-refractivity contribution is -0.127. The average Bonchev–Trinajstić information content (AvgIpc) is 3.88. The number of nitrogens with one attached hydrogen (secondary N) is 3. The number of carbonyl (C=O) groups excluding carboxylic acids is 2. The molecule has 3 N–H and O–H groups in total. The van der Waals surface area contributed by atoms with Crippen molar-refractivity contribution < 1.29 is 45.4 Å². The van der Waals surface area contributed by atoms with Gasteiger partial charge in [0.1, 0.15) is 43.5 Å². The molecule has 2 fully saturated rings. The van der Waals surface area contributed by atoms with Crippen LogP contribution in [-0.4, -0.2) is 93.9 Å². The van der Waals surface area contributed by atoms with E-state index in [1.165, 1.54) is 6.07 Å². The molecule has 0 aliphatic heterocycles. The van der Waals surface area contributed by atoms with E-state index in [1.54, 1.807) is 19.9 Å². The van der Waals surface area contributed by atoms with Crippen LogP contribution in [0.5, 0.6) is 0 Å². The van der Waals surface area contributed by atoms with Crippen molar-refractivity contribution in [3.63, 3.8) is 0 Å². The van der Waals surface area contributed by atoms with Crippen LogP contribution in [0, 0.1) is 13.8 Å². The van der Waals surface area contributed by atoms with Crippen LogP contribution in [0.2, 0.25) is 5.15 Å². The van der Waals surface area contributed by atoms with E-state index in [-0.39, 0.29) is 39.1 Å². The van der Waals surface area contributed by atoms with E-state index in [1.807, 2.05) is 60.5 Å². The summed E-state index contributed by atoms with van der Waals surface area (Å²) in [5.74, 6) is 1.61. The molecule has 0 radical (unpaired) electrons. The van der Waals surface area contributed by atoms with E-state index in [2.05, 4.69) is 35.9 Å². The van der Waals surface area contributed by atoms with Crippen LogP contribution in [0.3, 0.4) is 0 Å². The SMILES string of the molecule is CN[C@@H]1CC[C@H](NC(=O)OC(C)(C)C)C1.Cc1nc(Cl)c2cc(CC(F)(F)F)sc2n1.Cc1nc(N(C)[C@@H]2CC[C@H](NC(=O)OC(C)(C)C)C2)c2cc(CC(F)(F)F)sc2n1. The van der Waals surface area contributed by atoms with Gasteiger partial charge in [-0.1, -0.05) is 11.6 Å². The maximum absolute atomic E-state index is 12.8. The molecule has 4 heterocycles. The van der Waals surface area contributed by atoms with Gasteiger partial charge in [0.2, 0.25) is 0 Å². The first-order valence-electron chi connectivity index (χ1n) is 19.8. The number of carbonyl (C=O) groups is 2. The molecule has 4 aromatic heterocycles. The number of hydrogen-bond acceptors (Lipinski definition) is 12. The molecule has 0 aromatic carbocycles. The van der Waals surface area contributed by atoms with Gasteiger partial charge in [-0.2, -0.15) is 26.3 Å². The maximum atomic E-state index is 12.8. The number of rotatable bonds is 7. The number of aryl methyl sites for hydroxylation is 2. The van der Waals surface area contributed by atoms with Gasteiger partial charge in [-0.3, -0.25) is 0 Å². The fourth-order valence-electron chi connectivity index (χ4n) is 6.87. The van der Waals surface area contributed by atoms with E-state index >= 15 is 0 Å². The molecule has 61 heavy (non-hydrogen) atoms. The van der Waals surface area contributed by atoms with Crippen molar-refractivity contribution in [3.05, 3.63) is 38.7 Å². The molecule has 2 saturated carbocycles. The van der Waals surface area contributed by atoms with Crippen molar-refractivity contribution >= 4 is 72.7 Å². The molecule has 4 aromatic rings. The van der Waals surface area contributed by atoms with E-state index < -0.39 is 42.5 Å².